The molecular weight excluding hydrogens is 483 g/mol. The van der Waals surface area contributed by atoms with Crippen LogP contribution in [-0.4, -0.2) is 56.4 Å². The Balaban J connectivity index is 1.60. The highest BCUT2D eigenvalue weighted by Gasteiger charge is 2.48. The Hall–Kier alpha value is -1.96. The van der Waals surface area contributed by atoms with Gasteiger partial charge in [0.15, 0.2) is 9.84 Å². The van der Waals surface area contributed by atoms with Crippen molar-refractivity contribution in [2.75, 3.05) is 30.3 Å². The fourth-order valence-corrected chi connectivity index (χ4v) is 7.23. The van der Waals surface area contributed by atoms with Gasteiger partial charge in [0.25, 0.3) is 0 Å². The van der Waals surface area contributed by atoms with E-state index in [4.69, 9.17) is 27.9 Å². The minimum Gasteiger partial charge on any atom is -0.444 e. The Morgan fingerprint density at radius 2 is 1.88 bits per heavy atom. The SMILES string of the molecule is CC(C)(C)OC(=O)N1CC[C@H]2[C@@H](C1)c1cc(-c3ccc(Cl)cc3Cl)cc3c1N2CCS3(=O)=O. The number of benzene rings is 2. The molecule has 2 aromatic carbocycles. The summed E-state index contributed by atoms with van der Waals surface area (Å²) >= 11 is 12.6. The smallest absolute Gasteiger partial charge is 0.410 e. The molecule has 0 unspecified atom stereocenters. The molecule has 1 fully saturated rings. The van der Waals surface area contributed by atoms with Crippen LogP contribution >= 0.6 is 23.2 Å². The molecule has 0 N–H and O–H groups in total. The number of amides is 1. The molecule has 1 saturated heterocycles. The van der Waals surface area contributed by atoms with E-state index in [9.17, 15) is 13.2 Å². The molecule has 0 bridgehead atoms. The molecule has 3 aliphatic rings. The van der Waals surface area contributed by atoms with Gasteiger partial charge in [0, 0.05) is 47.2 Å². The third kappa shape index (κ3) is 3.98. The number of ether oxygens (including phenoxy) is 1. The number of hydrogen-bond acceptors (Lipinski definition) is 5. The average molecular weight is 509 g/mol. The van der Waals surface area contributed by atoms with Crippen molar-refractivity contribution in [2.24, 2.45) is 0 Å². The number of hydrogen-bond donors (Lipinski definition) is 0. The lowest BCUT2D eigenvalue weighted by Gasteiger charge is -2.40. The van der Waals surface area contributed by atoms with Gasteiger partial charge in [-0.1, -0.05) is 29.3 Å². The molecule has 6 nitrogen and oxygen atoms in total. The molecule has 9 heteroatoms. The summed E-state index contributed by atoms with van der Waals surface area (Å²) in [7, 11) is -3.42. The Morgan fingerprint density at radius 3 is 2.58 bits per heavy atom. The first-order valence-electron chi connectivity index (χ1n) is 11.1. The van der Waals surface area contributed by atoms with Crippen molar-refractivity contribution >= 4 is 44.8 Å². The normalized spacial score (nSPS) is 23.2. The van der Waals surface area contributed by atoms with Crippen LogP contribution in [0.4, 0.5) is 10.5 Å². The number of piperidine rings is 1. The highest BCUT2D eigenvalue weighted by atomic mass is 35.5. The number of anilines is 1. The minimum absolute atomic E-state index is 0.000607. The van der Waals surface area contributed by atoms with Crippen LogP contribution in [0.5, 0.6) is 0 Å². The van der Waals surface area contributed by atoms with E-state index in [0.29, 0.717) is 34.6 Å². The second-order valence-corrected chi connectivity index (χ2v) is 12.9. The molecule has 3 aliphatic heterocycles. The van der Waals surface area contributed by atoms with Crippen molar-refractivity contribution in [1.29, 1.82) is 0 Å². The predicted octanol–water partition coefficient (Wildman–Crippen LogP) is 5.36. The molecule has 33 heavy (non-hydrogen) atoms. The molecular formula is C24H26Cl2N2O4S. The predicted molar refractivity (Wildman–Crippen MR) is 130 cm³/mol. The van der Waals surface area contributed by atoms with Crippen LogP contribution in [0.2, 0.25) is 10.0 Å². The monoisotopic (exact) mass is 508 g/mol. The summed E-state index contributed by atoms with van der Waals surface area (Å²) in [6, 6.07) is 9.14. The van der Waals surface area contributed by atoms with Crippen LogP contribution in [0.3, 0.4) is 0 Å². The Labute approximate surface area is 204 Å². The lowest BCUT2D eigenvalue weighted by Crippen LogP contribution is -2.50. The van der Waals surface area contributed by atoms with Crippen LogP contribution < -0.4 is 4.90 Å². The molecule has 0 radical (unpaired) electrons. The van der Waals surface area contributed by atoms with Gasteiger partial charge in [-0.05, 0) is 62.6 Å². The molecule has 1 amide bonds. The van der Waals surface area contributed by atoms with Crippen LogP contribution in [0.25, 0.3) is 11.1 Å². The number of halogens is 2. The number of likely N-dealkylation sites (tertiary alicyclic amines) is 1. The van der Waals surface area contributed by atoms with Gasteiger partial charge in [0.05, 0.1) is 16.3 Å². The van der Waals surface area contributed by atoms with Crippen molar-refractivity contribution in [1.82, 2.24) is 4.90 Å². The number of carbonyl (C=O) groups is 1. The van der Waals surface area contributed by atoms with Crippen LogP contribution in [0, 0.1) is 0 Å². The summed E-state index contributed by atoms with van der Waals surface area (Å²) in [5.41, 5.74) is 2.64. The number of nitrogens with zero attached hydrogens (tertiary/aromatic N) is 2. The summed E-state index contributed by atoms with van der Waals surface area (Å²) < 4.78 is 31.8. The third-order valence-corrected chi connectivity index (χ3v) is 8.85. The summed E-state index contributed by atoms with van der Waals surface area (Å²) in [6.07, 6.45) is 0.426. The molecule has 5 rings (SSSR count). The lowest BCUT2D eigenvalue weighted by molar-refractivity contribution is 0.0189. The Kier molecular flexibility index (Phi) is 5.38. The largest absolute Gasteiger partial charge is 0.444 e. The third-order valence-electron chi connectivity index (χ3n) is 6.60. The number of rotatable bonds is 1. The Morgan fingerprint density at radius 1 is 1.12 bits per heavy atom. The van der Waals surface area contributed by atoms with Crippen molar-refractivity contribution in [3.8, 4) is 11.1 Å². The van der Waals surface area contributed by atoms with Crippen molar-refractivity contribution in [3.05, 3.63) is 45.9 Å². The van der Waals surface area contributed by atoms with Gasteiger partial charge in [-0.25, -0.2) is 13.2 Å². The highest BCUT2D eigenvalue weighted by molar-refractivity contribution is 7.91. The van der Waals surface area contributed by atoms with E-state index < -0.39 is 15.4 Å². The van der Waals surface area contributed by atoms with E-state index >= 15 is 0 Å². The maximum absolute atomic E-state index is 13.1. The molecule has 0 aromatic heterocycles. The van der Waals surface area contributed by atoms with Crippen LogP contribution in [0.15, 0.2) is 35.2 Å². The first kappa shape index (κ1) is 22.8. The molecule has 3 heterocycles. The van der Waals surface area contributed by atoms with Crippen LogP contribution in [-0.2, 0) is 14.6 Å². The van der Waals surface area contributed by atoms with Crippen molar-refractivity contribution < 1.29 is 17.9 Å². The quantitative estimate of drug-likeness (QED) is 0.518. The first-order chi connectivity index (χ1) is 15.4. The fourth-order valence-electron chi connectivity index (χ4n) is 5.22. The zero-order valence-corrected chi connectivity index (χ0v) is 21.1. The second kappa shape index (κ2) is 7.79. The van der Waals surface area contributed by atoms with E-state index in [2.05, 4.69) is 4.90 Å². The maximum atomic E-state index is 13.1. The number of fused-ring (bicyclic) bond motifs is 3. The standard InChI is InChI=1S/C24H26Cl2N2O4S/c1-24(2,3)32-23(29)27-7-6-20-18(13-27)17-10-14(16-5-4-15(25)12-19(16)26)11-21-22(17)28(20)8-9-33(21,30)31/h4-5,10-12,18,20H,6-9,13H2,1-3H3/t18-,20-/m0/s1. The number of sulfone groups is 1. The van der Waals surface area contributed by atoms with E-state index in [1.54, 1.807) is 23.1 Å². The molecule has 0 saturated carbocycles. The summed E-state index contributed by atoms with van der Waals surface area (Å²) in [6.45, 7) is 7.10. The molecule has 0 spiro atoms. The molecule has 2 aromatic rings. The topological polar surface area (TPSA) is 66.9 Å². The zero-order chi connectivity index (χ0) is 23.7. The average Bonchev–Trinajstić information content (AvgIpc) is 3.03. The fraction of sp³-hybridized carbons (Fsp3) is 0.458. The van der Waals surface area contributed by atoms with Gasteiger partial charge in [0.1, 0.15) is 5.60 Å². The lowest BCUT2D eigenvalue weighted by atomic mass is 9.88. The Bertz CT molecular complexity index is 1260. The van der Waals surface area contributed by atoms with E-state index in [1.807, 2.05) is 32.9 Å². The van der Waals surface area contributed by atoms with E-state index in [1.165, 1.54) is 0 Å². The van der Waals surface area contributed by atoms with Crippen molar-refractivity contribution in [3.63, 3.8) is 0 Å². The van der Waals surface area contributed by atoms with Gasteiger partial charge in [-0.2, -0.15) is 0 Å². The summed E-state index contributed by atoms with van der Waals surface area (Å²) in [5.74, 6) is 0.0790. The highest BCUT2D eigenvalue weighted by Crippen LogP contribution is 2.51. The van der Waals surface area contributed by atoms with E-state index in [0.717, 1.165) is 28.8 Å². The van der Waals surface area contributed by atoms with Gasteiger partial charge in [-0.15, -0.1) is 0 Å². The van der Waals surface area contributed by atoms with Gasteiger partial charge < -0.3 is 14.5 Å². The summed E-state index contributed by atoms with van der Waals surface area (Å²) in [5, 5.41) is 0.985. The minimum atomic E-state index is -3.42. The van der Waals surface area contributed by atoms with Crippen molar-refractivity contribution in [2.45, 2.75) is 49.6 Å². The van der Waals surface area contributed by atoms with Crippen LogP contribution in [0.1, 0.15) is 38.7 Å². The maximum Gasteiger partial charge on any atom is 0.410 e. The van der Waals surface area contributed by atoms with Gasteiger partial charge in [-0.3, -0.25) is 0 Å². The molecule has 0 aliphatic carbocycles. The zero-order valence-electron chi connectivity index (χ0n) is 18.8. The van der Waals surface area contributed by atoms with Gasteiger partial charge >= 0.3 is 6.09 Å². The number of carbonyl (C=O) groups excluding carboxylic acids is 1. The molecule has 2 atom stereocenters. The first-order valence-corrected chi connectivity index (χ1v) is 13.5. The summed E-state index contributed by atoms with van der Waals surface area (Å²) in [4.78, 5) is 17.1. The van der Waals surface area contributed by atoms with Gasteiger partial charge in [0.2, 0.25) is 0 Å². The second-order valence-electron chi connectivity index (χ2n) is 9.94. The van der Waals surface area contributed by atoms with E-state index in [-0.39, 0.29) is 23.8 Å². The molecule has 176 valence electrons.